The van der Waals surface area contributed by atoms with Crippen LogP contribution in [0.15, 0.2) is 46.2 Å². The molecule has 0 amide bonds. The van der Waals surface area contributed by atoms with Crippen molar-refractivity contribution in [2.45, 2.75) is 9.79 Å². The van der Waals surface area contributed by atoms with Crippen molar-refractivity contribution >= 4 is 21.8 Å². The molecule has 0 bridgehead atoms. The van der Waals surface area contributed by atoms with Crippen molar-refractivity contribution < 1.29 is 27.5 Å². The standard InChI is InChI=1S/C18H12N2O6S/c1-25-17(21)12-5-13(18(22)26-2)7-16(6-12)27(23,24)15-4-3-11(9-19)14(8-15)10-20/h3-8H,1-2H3. The average molecular weight is 384 g/mol. The molecular weight excluding hydrogens is 372 g/mol. The van der Waals surface area contributed by atoms with Gasteiger partial charge in [-0.25, -0.2) is 18.0 Å². The van der Waals surface area contributed by atoms with E-state index >= 15 is 0 Å². The third-order valence-electron chi connectivity index (χ3n) is 3.60. The first-order valence-corrected chi connectivity index (χ1v) is 8.78. The van der Waals surface area contributed by atoms with Crippen LogP contribution in [0.5, 0.6) is 0 Å². The summed E-state index contributed by atoms with van der Waals surface area (Å²) in [6.07, 6.45) is 0. The highest BCUT2D eigenvalue weighted by Gasteiger charge is 2.24. The molecule has 2 rings (SSSR count). The molecule has 0 saturated heterocycles. The van der Waals surface area contributed by atoms with E-state index in [1.54, 1.807) is 12.1 Å². The number of esters is 2. The van der Waals surface area contributed by atoms with Crippen LogP contribution in [0.2, 0.25) is 0 Å². The normalized spacial score (nSPS) is 10.4. The maximum Gasteiger partial charge on any atom is 0.337 e. The molecule has 0 heterocycles. The van der Waals surface area contributed by atoms with Gasteiger partial charge in [-0.15, -0.1) is 0 Å². The van der Waals surface area contributed by atoms with E-state index < -0.39 is 21.8 Å². The second-order valence-electron chi connectivity index (χ2n) is 5.16. The van der Waals surface area contributed by atoms with Gasteiger partial charge in [-0.3, -0.25) is 0 Å². The van der Waals surface area contributed by atoms with Gasteiger partial charge in [0.15, 0.2) is 0 Å². The first-order valence-electron chi connectivity index (χ1n) is 7.29. The largest absolute Gasteiger partial charge is 0.465 e. The van der Waals surface area contributed by atoms with E-state index in [0.717, 1.165) is 44.6 Å². The van der Waals surface area contributed by atoms with E-state index in [1.807, 2.05) is 0 Å². The monoisotopic (exact) mass is 384 g/mol. The van der Waals surface area contributed by atoms with E-state index in [4.69, 9.17) is 10.5 Å². The molecule has 8 nitrogen and oxygen atoms in total. The van der Waals surface area contributed by atoms with Crippen molar-refractivity contribution in [2.24, 2.45) is 0 Å². The second-order valence-corrected chi connectivity index (χ2v) is 7.11. The number of nitrogens with zero attached hydrogens (tertiary/aromatic N) is 2. The van der Waals surface area contributed by atoms with Crippen molar-refractivity contribution in [3.05, 3.63) is 58.7 Å². The van der Waals surface area contributed by atoms with Crippen molar-refractivity contribution in [2.75, 3.05) is 14.2 Å². The summed E-state index contributed by atoms with van der Waals surface area (Å²) in [6, 6.07) is 10.2. The lowest BCUT2D eigenvalue weighted by atomic mass is 10.1. The van der Waals surface area contributed by atoms with Crippen molar-refractivity contribution in [1.82, 2.24) is 0 Å². The average Bonchev–Trinajstić information content (AvgIpc) is 2.71. The lowest BCUT2D eigenvalue weighted by molar-refractivity contribution is 0.0598. The van der Waals surface area contributed by atoms with Crippen LogP contribution in [0.3, 0.4) is 0 Å². The smallest absolute Gasteiger partial charge is 0.337 e. The van der Waals surface area contributed by atoms with Crippen molar-refractivity contribution in [1.29, 1.82) is 10.5 Å². The zero-order chi connectivity index (χ0) is 20.2. The third kappa shape index (κ3) is 3.78. The molecule has 136 valence electrons. The van der Waals surface area contributed by atoms with Crippen LogP contribution in [0.4, 0.5) is 0 Å². The molecule has 0 atom stereocenters. The minimum atomic E-state index is -4.20. The van der Waals surface area contributed by atoms with Gasteiger partial charge in [0.1, 0.15) is 12.1 Å². The summed E-state index contributed by atoms with van der Waals surface area (Å²) in [5.41, 5.74) is -0.410. The maximum atomic E-state index is 12.9. The van der Waals surface area contributed by atoms with Gasteiger partial charge in [-0.05, 0) is 36.4 Å². The topological polar surface area (TPSA) is 134 Å². The van der Waals surface area contributed by atoms with Crippen LogP contribution < -0.4 is 0 Å². The highest BCUT2D eigenvalue weighted by molar-refractivity contribution is 7.91. The molecule has 0 aliphatic carbocycles. The lowest BCUT2D eigenvalue weighted by Gasteiger charge is -2.10. The van der Waals surface area contributed by atoms with Crippen molar-refractivity contribution in [3.63, 3.8) is 0 Å². The molecule has 0 aromatic heterocycles. The molecule has 0 unspecified atom stereocenters. The fraction of sp³-hybridized carbons (Fsp3) is 0.111. The number of hydrogen-bond acceptors (Lipinski definition) is 8. The Morgan fingerprint density at radius 2 is 1.33 bits per heavy atom. The van der Waals surface area contributed by atoms with E-state index in [-0.39, 0.29) is 32.0 Å². The van der Waals surface area contributed by atoms with Crippen LogP contribution in [0.25, 0.3) is 0 Å². The zero-order valence-electron chi connectivity index (χ0n) is 14.2. The molecule has 9 heteroatoms. The summed E-state index contributed by atoms with van der Waals surface area (Å²) in [4.78, 5) is 23.0. The molecule has 0 saturated carbocycles. The number of carbonyl (C=O) groups is 2. The lowest BCUT2D eigenvalue weighted by Crippen LogP contribution is -2.11. The van der Waals surface area contributed by atoms with Gasteiger partial charge in [0, 0.05) is 0 Å². The summed E-state index contributed by atoms with van der Waals surface area (Å²) < 4.78 is 35.0. The Labute approximate surface area is 155 Å². The minimum Gasteiger partial charge on any atom is -0.465 e. The van der Waals surface area contributed by atoms with Gasteiger partial charge in [0.2, 0.25) is 9.84 Å². The Balaban J connectivity index is 2.72. The van der Waals surface area contributed by atoms with Crippen LogP contribution in [-0.2, 0) is 19.3 Å². The van der Waals surface area contributed by atoms with Gasteiger partial charge in [-0.2, -0.15) is 10.5 Å². The Hall–Kier alpha value is -3.69. The van der Waals surface area contributed by atoms with Gasteiger partial charge in [0.05, 0.1) is 46.3 Å². The number of hydrogen-bond donors (Lipinski definition) is 0. The molecule has 27 heavy (non-hydrogen) atoms. The first-order chi connectivity index (χ1) is 12.8. The van der Waals surface area contributed by atoms with Crippen LogP contribution in [0.1, 0.15) is 31.8 Å². The predicted molar refractivity (Wildman–Crippen MR) is 90.4 cm³/mol. The molecule has 0 spiro atoms. The minimum absolute atomic E-state index is 0.0232. The molecular formula is C18H12N2O6S. The maximum absolute atomic E-state index is 12.9. The molecule has 0 aliphatic rings. The second kappa shape index (κ2) is 7.68. The number of sulfone groups is 1. The number of ether oxygens (including phenoxy) is 2. The van der Waals surface area contributed by atoms with Gasteiger partial charge in [0.25, 0.3) is 0 Å². The Kier molecular flexibility index (Phi) is 5.59. The fourth-order valence-corrected chi connectivity index (χ4v) is 3.60. The zero-order valence-corrected chi connectivity index (χ0v) is 15.0. The van der Waals surface area contributed by atoms with Crippen LogP contribution >= 0.6 is 0 Å². The predicted octanol–water partition coefficient (Wildman–Crippen LogP) is 1.84. The van der Waals surface area contributed by atoms with E-state index in [1.165, 1.54) is 6.07 Å². The highest BCUT2D eigenvalue weighted by atomic mass is 32.2. The summed E-state index contributed by atoms with van der Waals surface area (Å²) in [5, 5.41) is 18.0. The number of benzene rings is 2. The van der Waals surface area contributed by atoms with E-state index in [9.17, 15) is 18.0 Å². The first kappa shape index (κ1) is 19.6. The molecule has 0 fully saturated rings. The van der Waals surface area contributed by atoms with E-state index in [2.05, 4.69) is 9.47 Å². The summed E-state index contributed by atoms with van der Waals surface area (Å²) >= 11 is 0. The summed E-state index contributed by atoms with van der Waals surface area (Å²) in [6.45, 7) is 0. The number of rotatable bonds is 4. The molecule has 2 aromatic carbocycles. The summed E-state index contributed by atoms with van der Waals surface area (Å²) in [5.74, 6) is -1.68. The number of methoxy groups -OCH3 is 2. The molecule has 0 radical (unpaired) electrons. The van der Waals surface area contributed by atoms with Crippen LogP contribution in [0, 0.1) is 22.7 Å². The van der Waals surface area contributed by atoms with Gasteiger partial charge < -0.3 is 9.47 Å². The number of carbonyl (C=O) groups excluding carboxylic acids is 2. The SMILES string of the molecule is COC(=O)c1cc(C(=O)OC)cc(S(=O)(=O)c2ccc(C#N)c(C#N)c2)c1. The molecule has 0 N–H and O–H groups in total. The Morgan fingerprint density at radius 1 is 0.815 bits per heavy atom. The van der Waals surface area contributed by atoms with Gasteiger partial charge in [-0.1, -0.05) is 0 Å². The quantitative estimate of drug-likeness (QED) is 0.729. The van der Waals surface area contributed by atoms with Crippen molar-refractivity contribution in [3.8, 4) is 12.1 Å². The Bertz CT molecular complexity index is 1090. The highest BCUT2D eigenvalue weighted by Crippen LogP contribution is 2.25. The number of nitriles is 2. The van der Waals surface area contributed by atoms with Gasteiger partial charge >= 0.3 is 11.9 Å². The molecule has 0 aliphatic heterocycles. The molecule has 2 aromatic rings. The van der Waals surface area contributed by atoms with E-state index in [0.29, 0.717) is 0 Å². The third-order valence-corrected chi connectivity index (χ3v) is 5.33. The Morgan fingerprint density at radius 3 is 1.78 bits per heavy atom. The van der Waals surface area contributed by atoms with Crippen LogP contribution in [-0.4, -0.2) is 34.6 Å². The fourth-order valence-electron chi connectivity index (χ4n) is 2.24. The summed E-state index contributed by atoms with van der Waals surface area (Å²) in [7, 11) is -1.98.